The van der Waals surface area contributed by atoms with Crippen LogP contribution in [0.1, 0.15) is 23.7 Å². The summed E-state index contributed by atoms with van der Waals surface area (Å²) in [6.45, 7) is 2.07. The number of nitrogens with one attached hydrogen (secondary N) is 1. The summed E-state index contributed by atoms with van der Waals surface area (Å²) in [5.41, 5.74) is 0.291. The molecule has 2 N–H and O–H groups in total. The van der Waals surface area contributed by atoms with E-state index in [0.29, 0.717) is 28.1 Å². The molecule has 1 rings (SSSR count). The van der Waals surface area contributed by atoms with Crippen molar-refractivity contribution in [1.82, 2.24) is 5.32 Å². The maximum atomic E-state index is 11.8. The minimum absolute atomic E-state index is 0.291. The third-order valence-electron chi connectivity index (χ3n) is 2.34. The highest BCUT2D eigenvalue weighted by Crippen LogP contribution is 2.36. The van der Waals surface area contributed by atoms with Crippen LogP contribution in [0.3, 0.4) is 0 Å². The molecule has 0 radical (unpaired) electrons. The molecule has 0 saturated carbocycles. The lowest BCUT2D eigenvalue weighted by Crippen LogP contribution is -2.29. The Bertz CT molecular complexity index is 504. The van der Waals surface area contributed by atoms with Crippen molar-refractivity contribution in [3.8, 4) is 11.5 Å². The monoisotopic (exact) mass is 345 g/mol. The second-order valence-corrected chi connectivity index (χ2v) is 4.77. The minimum atomic E-state index is -1.10. The van der Waals surface area contributed by atoms with Crippen LogP contribution in [-0.2, 0) is 4.79 Å². The number of carbonyl (C=O) groups is 2. The van der Waals surface area contributed by atoms with Crippen molar-refractivity contribution in [2.45, 2.75) is 13.3 Å². The van der Waals surface area contributed by atoms with Gasteiger partial charge in [0.15, 0.2) is 11.5 Å². The summed E-state index contributed by atoms with van der Waals surface area (Å²) >= 11 is 3.32. The Morgan fingerprint density at radius 3 is 2.65 bits per heavy atom. The highest BCUT2D eigenvalue weighted by molar-refractivity contribution is 9.10. The fourth-order valence-electron chi connectivity index (χ4n) is 1.45. The number of halogens is 1. The summed E-state index contributed by atoms with van der Waals surface area (Å²) < 4.78 is 11.3. The molecule has 0 heterocycles. The van der Waals surface area contributed by atoms with Crippen LogP contribution in [0.15, 0.2) is 16.6 Å². The first-order valence-electron chi connectivity index (χ1n) is 5.99. The average Bonchev–Trinajstić information content (AvgIpc) is 2.42. The summed E-state index contributed by atoms with van der Waals surface area (Å²) in [7, 11) is 1.47. The summed E-state index contributed by atoms with van der Waals surface area (Å²) in [6.07, 6.45) is 0.844. The standard InChI is InChI=1S/C13H16BrNO5/c1-3-4-20-12-9(14)5-8(6-10(12)19-2)13(18)15-7-11(16)17/h5-6H,3-4,7H2,1-2H3,(H,15,18)(H,16,17). The fraction of sp³-hybridized carbons (Fsp3) is 0.385. The van der Waals surface area contributed by atoms with E-state index in [1.807, 2.05) is 6.92 Å². The van der Waals surface area contributed by atoms with Crippen molar-refractivity contribution in [1.29, 1.82) is 0 Å². The highest BCUT2D eigenvalue weighted by Gasteiger charge is 2.15. The first-order chi connectivity index (χ1) is 9.49. The van der Waals surface area contributed by atoms with E-state index in [-0.39, 0.29) is 0 Å². The van der Waals surface area contributed by atoms with E-state index in [9.17, 15) is 9.59 Å². The van der Waals surface area contributed by atoms with Gasteiger partial charge in [-0.1, -0.05) is 6.92 Å². The Morgan fingerprint density at radius 1 is 1.40 bits per heavy atom. The van der Waals surface area contributed by atoms with Gasteiger partial charge in [0.25, 0.3) is 5.91 Å². The molecule has 0 fully saturated rings. The van der Waals surface area contributed by atoms with Crippen LogP contribution in [0, 0.1) is 0 Å². The average molecular weight is 346 g/mol. The molecular weight excluding hydrogens is 330 g/mol. The van der Waals surface area contributed by atoms with Crippen LogP contribution in [0.2, 0.25) is 0 Å². The quantitative estimate of drug-likeness (QED) is 0.790. The number of hydrogen-bond donors (Lipinski definition) is 2. The molecule has 1 aromatic carbocycles. The molecule has 0 aromatic heterocycles. The van der Waals surface area contributed by atoms with Gasteiger partial charge in [-0.25, -0.2) is 0 Å². The number of benzene rings is 1. The van der Waals surface area contributed by atoms with Gasteiger partial charge >= 0.3 is 5.97 Å². The number of methoxy groups -OCH3 is 1. The normalized spacial score (nSPS) is 9.95. The third-order valence-corrected chi connectivity index (χ3v) is 2.93. The zero-order valence-corrected chi connectivity index (χ0v) is 12.8. The number of aliphatic carboxylic acids is 1. The number of rotatable bonds is 7. The molecule has 0 unspecified atom stereocenters. The second kappa shape index (κ2) is 7.74. The van der Waals surface area contributed by atoms with Crippen molar-refractivity contribution < 1.29 is 24.2 Å². The number of carbonyl (C=O) groups excluding carboxylic acids is 1. The highest BCUT2D eigenvalue weighted by atomic mass is 79.9. The third kappa shape index (κ3) is 4.41. The molecular formula is C13H16BrNO5. The van der Waals surface area contributed by atoms with Crippen LogP contribution in [0.5, 0.6) is 11.5 Å². The Kier molecular flexibility index (Phi) is 6.30. The summed E-state index contributed by atoms with van der Waals surface area (Å²) in [5.74, 6) is -0.668. The molecule has 7 heteroatoms. The van der Waals surface area contributed by atoms with Gasteiger partial charge in [-0.05, 0) is 34.5 Å². The molecule has 1 amide bonds. The lowest BCUT2D eigenvalue weighted by Gasteiger charge is -2.13. The summed E-state index contributed by atoms with van der Waals surface area (Å²) in [6, 6.07) is 3.07. The molecule has 1 aromatic rings. The molecule has 0 aliphatic heterocycles. The van der Waals surface area contributed by atoms with Crippen LogP contribution in [-0.4, -0.2) is 37.2 Å². The fourth-order valence-corrected chi connectivity index (χ4v) is 2.01. The lowest BCUT2D eigenvalue weighted by molar-refractivity contribution is -0.135. The zero-order chi connectivity index (χ0) is 15.1. The van der Waals surface area contributed by atoms with E-state index >= 15 is 0 Å². The number of carboxylic acid groups (broad SMARTS) is 1. The van der Waals surface area contributed by atoms with E-state index < -0.39 is 18.4 Å². The Balaban J connectivity index is 2.97. The van der Waals surface area contributed by atoms with E-state index in [4.69, 9.17) is 14.6 Å². The largest absolute Gasteiger partial charge is 0.493 e. The topological polar surface area (TPSA) is 84.9 Å². The number of carboxylic acids is 1. The van der Waals surface area contributed by atoms with Crippen molar-refractivity contribution >= 4 is 27.8 Å². The van der Waals surface area contributed by atoms with Gasteiger partial charge in [0.2, 0.25) is 0 Å². The van der Waals surface area contributed by atoms with Gasteiger partial charge in [-0.2, -0.15) is 0 Å². The van der Waals surface area contributed by atoms with Crippen LogP contribution < -0.4 is 14.8 Å². The number of hydrogen-bond acceptors (Lipinski definition) is 4. The first-order valence-corrected chi connectivity index (χ1v) is 6.79. The molecule has 0 spiro atoms. The van der Waals surface area contributed by atoms with Crippen LogP contribution in [0.25, 0.3) is 0 Å². The van der Waals surface area contributed by atoms with Gasteiger partial charge in [0, 0.05) is 5.56 Å². The smallest absolute Gasteiger partial charge is 0.322 e. The predicted molar refractivity (Wildman–Crippen MR) is 76.4 cm³/mol. The summed E-state index contributed by atoms with van der Waals surface area (Å²) in [4.78, 5) is 22.2. The predicted octanol–water partition coefficient (Wildman–Crippen LogP) is 2.06. The SMILES string of the molecule is CCCOc1c(Br)cc(C(=O)NCC(=O)O)cc1OC. The lowest BCUT2D eigenvalue weighted by atomic mass is 10.2. The maximum absolute atomic E-state index is 11.8. The molecule has 20 heavy (non-hydrogen) atoms. The second-order valence-electron chi connectivity index (χ2n) is 3.91. The molecule has 0 aliphatic carbocycles. The number of ether oxygens (including phenoxy) is 2. The summed E-state index contributed by atoms with van der Waals surface area (Å²) in [5, 5.41) is 10.8. The van der Waals surface area contributed by atoms with Gasteiger partial charge in [0.1, 0.15) is 6.54 Å². The molecule has 110 valence electrons. The zero-order valence-electron chi connectivity index (χ0n) is 11.2. The van der Waals surface area contributed by atoms with Crippen molar-refractivity contribution in [3.05, 3.63) is 22.2 Å². The maximum Gasteiger partial charge on any atom is 0.322 e. The van der Waals surface area contributed by atoms with E-state index in [0.717, 1.165) is 6.42 Å². The van der Waals surface area contributed by atoms with Crippen molar-refractivity contribution in [3.63, 3.8) is 0 Å². The number of amides is 1. The van der Waals surface area contributed by atoms with Crippen molar-refractivity contribution in [2.75, 3.05) is 20.3 Å². The van der Waals surface area contributed by atoms with Gasteiger partial charge in [-0.3, -0.25) is 9.59 Å². The van der Waals surface area contributed by atoms with E-state index in [1.165, 1.54) is 13.2 Å². The van der Waals surface area contributed by atoms with Crippen LogP contribution in [0.4, 0.5) is 0 Å². The minimum Gasteiger partial charge on any atom is -0.493 e. The molecule has 0 saturated heterocycles. The van der Waals surface area contributed by atoms with Gasteiger partial charge in [0.05, 0.1) is 18.2 Å². The molecule has 0 bridgehead atoms. The van der Waals surface area contributed by atoms with E-state index in [2.05, 4.69) is 21.2 Å². The Labute approximate surface area is 125 Å². The Morgan fingerprint density at radius 2 is 2.10 bits per heavy atom. The van der Waals surface area contributed by atoms with Crippen molar-refractivity contribution in [2.24, 2.45) is 0 Å². The van der Waals surface area contributed by atoms with Gasteiger partial charge in [-0.15, -0.1) is 0 Å². The van der Waals surface area contributed by atoms with E-state index in [1.54, 1.807) is 6.07 Å². The molecule has 0 atom stereocenters. The Hall–Kier alpha value is -1.76. The first kappa shape index (κ1) is 16.3. The molecule has 6 nitrogen and oxygen atoms in total. The van der Waals surface area contributed by atoms with Gasteiger partial charge < -0.3 is 19.9 Å². The molecule has 0 aliphatic rings. The van der Waals surface area contributed by atoms with Crippen LogP contribution >= 0.6 is 15.9 Å².